The number of ether oxygens (including phenoxy) is 1. The molecule has 4 nitrogen and oxygen atoms in total. The van der Waals surface area contributed by atoms with Crippen molar-refractivity contribution < 1.29 is 19.7 Å². The lowest BCUT2D eigenvalue weighted by Crippen LogP contribution is -2.03. The number of aromatic hydroxyl groups is 2. The number of rotatable bonds is 4. The number of carbonyl (C=O) groups is 1. The quantitative estimate of drug-likeness (QED) is 0.291. The number of esters is 1. The van der Waals surface area contributed by atoms with Gasteiger partial charge in [-0.2, -0.15) is 0 Å². The topological polar surface area (TPSA) is 66.8 Å². The summed E-state index contributed by atoms with van der Waals surface area (Å²) >= 11 is 3.34. The molecule has 0 aliphatic rings. The number of phenols is 2. The van der Waals surface area contributed by atoms with E-state index in [2.05, 4.69) is 15.9 Å². The van der Waals surface area contributed by atoms with Crippen molar-refractivity contribution in [2.45, 2.75) is 5.33 Å². The van der Waals surface area contributed by atoms with E-state index in [4.69, 9.17) is 4.74 Å². The SMILES string of the molecule is O=C(C=Cc1ccc(O)c(O)c1)Oc1ccc(CBr)cc1. The summed E-state index contributed by atoms with van der Waals surface area (Å²) in [6.45, 7) is 0. The fourth-order valence-corrected chi connectivity index (χ4v) is 1.98. The molecular weight excluding hydrogens is 336 g/mol. The van der Waals surface area contributed by atoms with Gasteiger partial charge in [0.25, 0.3) is 0 Å². The van der Waals surface area contributed by atoms with Crippen molar-refractivity contribution in [1.82, 2.24) is 0 Å². The Kier molecular flexibility index (Phi) is 5.00. The van der Waals surface area contributed by atoms with E-state index in [9.17, 15) is 15.0 Å². The van der Waals surface area contributed by atoms with E-state index in [-0.39, 0.29) is 11.5 Å². The standard InChI is InChI=1S/C16H13BrO4/c17-10-12-1-5-13(6-2-12)21-16(20)8-4-11-3-7-14(18)15(19)9-11/h1-9,18-19H,10H2. The van der Waals surface area contributed by atoms with Crippen LogP contribution in [0.15, 0.2) is 48.5 Å². The van der Waals surface area contributed by atoms with Gasteiger partial charge in [0.1, 0.15) is 5.75 Å². The van der Waals surface area contributed by atoms with E-state index in [1.807, 2.05) is 12.1 Å². The van der Waals surface area contributed by atoms with Crippen molar-refractivity contribution in [2.75, 3.05) is 0 Å². The number of benzene rings is 2. The Balaban J connectivity index is 1.99. The Morgan fingerprint density at radius 2 is 1.81 bits per heavy atom. The molecule has 0 atom stereocenters. The third kappa shape index (κ3) is 4.36. The van der Waals surface area contributed by atoms with Crippen LogP contribution in [0.1, 0.15) is 11.1 Å². The molecule has 0 spiro atoms. The average molecular weight is 349 g/mol. The van der Waals surface area contributed by atoms with Crippen molar-refractivity contribution in [3.05, 3.63) is 59.7 Å². The zero-order valence-electron chi connectivity index (χ0n) is 11.0. The molecule has 0 fully saturated rings. The third-order valence-corrected chi connectivity index (χ3v) is 3.35. The molecule has 2 N–H and O–H groups in total. The Morgan fingerprint density at radius 3 is 2.43 bits per heavy atom. The van der Waals surface area contributed by atoms with Gasteiger partial charge >= 0.3 is 5.97 Å². The Bertz CT molecular complexity index is 662. The first-order valence-electron chi connectivity index (χ1n) is 6.15. The Labute approximate surface area is 130 Å². The van der Waals surface area contributed by atoms with Crippen LogP contribution in [-0.4, -0.2) is 16.2 Å². The molecule has 0 aliphatic carbocycles. The molecule has 21 heavy (non-hydrogen) atoms. The second kappa shape index (κ2) is 6.95. The van der Waals surface area contributed by atoms with Crippen LogP contribution in [0.5, 0.6) is 17.2 Å². The van der Waals surface area contributed by atoms with Crippen molar-refractivity contribution in [2.24, 2.45) is 0 Å². The van der Waals surface area contributed by atoms with Crippen molar-refractivity contribution in [1.29, 1.82) is 0 Å². The first-order chi connectivity index (χ1) is 10.1. The van der Waals surface area contributed by atoms with Crippen LogP contribution in [0.4, 0.5) is 0 Å². The molecule has 2 aromatic carbocycles. The zero-order chi connectivity index (χ0) is 15.2. The summed E-state index contributed by atoms with van der Waals surface area (Å²) in [4.78, 5) is 11.7. The molecule has 5 heteroatoms. The van der Waals surface area contributed by atoms with Gasteiger partial charge in [-0.1, -0.05) is 34.1 Å². The molecule has 0 aromatic heterocycles. The van der Waals surface area contributed by atoms with E-state index in [0.717, 1.165) is 10.9 Å². The Morgan fingerprint density at radius 1 is 1.10 bits per heavy atom. The predicted octanol–water partition coefficient (Wildman–Crippen LogP) is 3.61. The number of hydrogen-bond donors (Lipinski definition) is 2. The summed E-state index contributed by atoms with van der Waals surface area (Å²) in [7, 11) is 0. The second-order valence-electron chi connectivity index (χ2n) is 4.28. The van der Waals surface area contributed by atoms with Crippen LogP contribution in [0.2, 0.25) is 0 Å². The van der Waals surface area contributed by atoms with Crippen molar-refractivity contribution in [3.8, 4) is 17.2 Å². The molecule has 0 saturated carbocycles. The molecule has 108 valence electrons. The van der Waals surface area contributed by atoms with Gasteiger partial charge in [-0.25, -0.2) is 4.79 Å². The monoisotopic (exact) mass is 348 g/mol. The summed E-state index contributed by atoms with van der Waals surface area (Å²) in [5, 5.41) is 19.3. The molecule has 0 saturated heterocycles. The number of alkyl halides is 1. The molecular formula is C16H13BrO4. The van der Waals surface area contributed by atoms with Crippen LogP contribution in [0.3, 0.4) is 0 Å². The molecule has 0 radical (unpaired) electrons. The van der Waals surface area contributed by atoms with Gasteiger partial charge in [0.2, 0.25) is 0 Å². The minimum absolute atomic E-state index is 0.207. The molecule has 0 aliphatic heterocycles. The maximum atomic E-state index is 11.7. The fourth-order valence-electron chi connectivity index (χ4n) is 1.61. The van der Waals surface area contributed by atoms with Gasteiger partial charge in [0.05, 0.1) is 0 Å². The van der Waals surface area contributed by atoms with E-state index < -0.39 is 5.97 Å². The summed E-state index contributed by atoms with van der Waals surface area (Å²) in [6, 6.07) is 11.4. The minimum Gasteiger partial charge on any atom is -0.504 e. The normalized spacial score (nSPS) is 10.7. The van der Waals surface area contributed by atoms with Crippen LogP contribution in [-0.2, 0) is 10.1 Å². The van der Waals surface area contributed by atoms with E-state index in [1.54, 1.807) is 18.2 Å². The number of carbonyl (C=O) groups excluding carboxylic acids is 1. The van der Waals surface area contributed by atoms with Gasteiger partial charge in [-0.15, -0.1) is 0 Å². The van der Waals surface area contributed by atoms with Crippen molar-refractivity contribution >= 4 is 28.0 Å². The minimum atomic E-state index is -0.519. The van der Waals surface area contributed by atoms with Crippen LogP contribution in [0, 0.1) is 0 Å². The van der Waals surface area contributed by atoms with Crippen LogP contribution < -0.4 is 4.74 Å². The first-order valence-corrected chi connectivity index (χ1v) is 7.27. The average Bonchev–Trinajstić information content (AvgIpc) is 2.49. The van der Waals surface area contributed by atoms with Crippen LogP contribution in [0.25, 0.3) is 6.08 Å². The lowest BCUT2D eigenvalue weighted by atomic mass is 10.2. The maximum absolute atomic E-state index is 11.7. The smallest absolute Gasteiger partial charge is 0.336 e. The number of phenolic OH excluding ortho intramolecular Hbond substituents is 2. The van der Waals surface area contributed by atoms with E-state index in [0.29, 0.717) is 11.3 Å². The third-order valence-electron chi connectivity index (χ3n) is 2.71. The molecule has 0 unspecified atom stereocenters. The maximum Gasteiger partial charge on any atom is 0.336 e. The predicted molar refractivity (Wildman–Crippen MR) is 83.5 cm³/mol. The van der Waals surface area contributed by atoms with Gasteiger partial charge in [0, 0.05) is 11.4 Å². The van der Waals surface area contributed by atoms with Gasteiger partial charge in [0.15, 0.2) is 11.5 Å². The van der Waals surface area contributed by atoms with Gasteiger partial charge in [-0.05, 0) is 41.5 Å². The molecule has 0 bridgehead atoms. The highest BCUT2D eigenvalue weighted by Crippen LogP contribution is 2.25. The molecule has 2 aromatic rings. The second-order valence-corrected chi connectivity index (χ2v) is 4.84. The summed E-state index contributed by atoms with van der Waals surface area (Å²) in [6.07, 6.45) is 2.75. The lowest BCUT2D eigenvalue weighted by molar-refractivity contribution is -0.128. The number of hydrogen-bond acceptors (Lipinski definition) is 4. The van der Waals surface area contributed by atoms with Crippen LogP contribution >= 0.6 is 15.9 Å². The molecule has 0 amide bonds. The largest absolute Gasteiger partial charge is 0.504 e. The highest BCUT2D eigenvalue weighted by Gasteiger charge is 2.02. The van der Waals surface area contributed by atoms with E-state index >= 15 is 0 Å². The highest BCUT2D eigenvalue weighted by atomic mass is 79.9. The lowest BCUT2D eigenvalue weighted by Gasteiger charge is -2.02. The molecule has 0 heterocycles. The summed E-state index contributed by atoms with van der Waals surface area (Å²) in [5.41, 5.74) is 1.67. The summed E-state index contributed by atoms with van der Waals surface area (Å²) in [5.74, 6) is -0.505. The Hall–Kier alpha value is -2.27. The van der Waals surface area contributed by atoms with E-state index in [1.165, 1.54) is 24.3 Å². The fraction of sp³-hybridized carbons (Fsp3) is 0.0625. The summed E-state index contributed by atoms with van der Waals surface area (Å²) < 4.78 is 5.14. The van der Waals surface area contributed by atoms with Gasteiger partial charge < -0.3 is 14.9 Å². The first kappa shape index (κ1) is 15.1. The highest BCUT2D eigenvalue weighted by molar-refractivity contribution is 9.08. The number of halogens is 1. The van der Waals surface area contributed by atoms with Gasteiger partial charge in [-0.3, -0.25) is 0 Å². The molecule has 2 rings (SSSR count). The van der Waals surface area contributed by atoms with Crippen molar-refractivity contribution in [3.63, 3.8) is 0 Å². The zero-order valence-corrected chi connectivity index (χ0v) is 12.6.